The Morgan fingerprint density at radius 2 is 1.84 bits per heavy atom. The molecule has 2 N–H and O–H groups in total. The number of hydrogen-bond donors (Lipinski definition) is 2. The number of phenolic OH excluding ortho intramolecular Hbond substituents is 1. The van der Waals surface area contributed by atoms with Crippen LogP contribution in [0.25, 0.3) is 0 Å². The van der Waals surface area contributed by atoms with Gasteiger partial charge in [0.2, 0.25) is 0 Å². The first-order valence-electron chi connectivity index (χ1n) is 7.52. The van der Waals surface area contributed by atoms with Crippen molar-refractivity contribution >= 4 is 34.7 Å². The minimum atomic E-state index is -1.12. The Morgan fingerprint density at radius 1 is 1.16 bits per heavy atom. The van der Waals surface area contributed by atoms with Gasteiger partial charge in [0, 0.05) is 13.5 Å². The molecule has 2 aromatic carbocycles. The maximum Gasteiger partial charge on any atom is 0.410 e. The fourth-order valence-corrected chi connectivity index (χ4v) is 2.82. The monoisotopic (exact) mass is 455 g/mol. The largest absolute Gasteiger partial charge is 0.507 e. The van der Waals surface area contributed by atoms with Gasteiger partial charge in [0.05, 0.1) is 3.57 Å². The van der Waals surface area contributed by atoms with Crippen LogP contribution < -0.4 is 0 Å². The van der Waals surface area contributed by atoms with Gasteiger partial charge in [-0.05, 0) is 45.9 Å². The molecule has 0 aliphatic rings. The first-order valence-corrected chi connectivity index (χ1v) is 8.60. The lowest BCUT2D eigenvalue weighted by molar-refractivity contribution is -0.142. The highest BCUT2D eigenvalue weighted by atomic mass is 127. The van der Waals surface area contributed by atoms with Crippen LogP contribution in [0.1, 0.15) is 11.1 Å². The fraction of sp³-hybridized carbons (Fsp3) is 0.222. The third kappa shape index (κ3) is 5.35. The van der Waals surface area contributed by atoms with E-state index in [2.05, 4.69) is 0 Å². The number of aromatic hydroxyl groups is 1. The van der Waals surface area contributed by atoms with Crippen molar-refractivity contribution in [3.63, 3.8) is 0 Å². The van der Waals surface area contributed by atoms with Crippen molar-refractivity contribution in [3.05, 3.63) is 63.2 Å². The molecule has 7 heteroatoms. The quantitative estimate of drug-likeness (QED) is 0.654. The van der Waals surface area contributed by atoms with E-state index in [4.69, 9.17) is 4.74 Å². The van der Waals surface area contributed by atoms with Crippen LogP contribution in [-0.4, -0.2) is 40.3 Å². The van der Waals surface area contributed by atoms with E-state index in [0.29, 0.717) is 9.13 Å². The van der Waals surface area contributed by atoms with Crippen LogP contribution in [0.5, 0.6) is 5.75 Å². The Bertz CT molecular complexity index is 750. The van der Waals surface area contributed by atoms with Gasteiger partial charge in [-0.1, -0.05) is 36.4 Å². The van der Waals surface area contributed by atoms with Gasteiger partial charge in [0.15, 0.2) is 0 Å². The van der Waals surface area contributed by atoms with E-state index in [0.717, 1.165) is 10.5 Å². The highest BCUT2D eigenvalue weighted by Crippen LogP contribution is 2.21. The van der Waals surface area contributed by atoms with E-state index in [9.17, 15) is 19.8 Å². The number of hydrogen-bond acceptors (Lipinski definition) is 4. The van der Waals surface area contributed by atoms with Crippen LogP contribution in [-0.2, 0) is 22.6 Å². The molecule has 0 aromatic heterocycles. The zero-order valence-corrected chi connectivity index (χ0v) is 15.7. The molecule has 2 rings (SSSR count). The maximum absolute atomic E-state index is 12.2. The van der Waals surface area contributed by atoms with Crippen LogP contribution >= 0.6 is 22.6 Å². The lowest BCUT2D eigenvalue weighted by Crippen LogP contribution is -2.44. The second-order valence-corrected chi connectivity index (χ2v) is 6.66. The van der Waals surface area contributed by atoms with E-state index < -0.39 is 18.1 Å². The van der Waals surface area contributed by atoms with Crippen molar-refractivity contribution < 1.29 is 24.5 Å². The third-order valence-electron chi connectivity index (χ3n) is 3.69. The van der Waals surface area contributed by atoms with Crippen molar-refractivity contribution in [2.75, 3.05) is 7.05 Å². The zero-order chi connectivity index (χ0) is 18.4. The number of phenols is 1. The second kappa shape index (κ2) is 8.70. The number of benzene rings is 2. The molecule has 0 spiro atoms. The number of halogens is 1. The standard InChI is InChI=1S/C18H18INO5/c1-20(18(24)25-11-12-5-3-2-4-6-12)15(17(22)23)10-13-7-8-16(21)14(19)9-13/h2-9,15,21H,10-11H2,1H3,(H,22,23). The maximum atomic E-state index is 12.2. The van der Waals surface area contributed by atoms with Crippen molar-refractivity contribution in [2.24, 2.45) is 0 Å². The molecule has 0 saturated heterocycles. The molecule has 0 fully saturated rings. The highest BCUT2D eigenvalue weighted by Gasteiger charge is 2.28. The number of likely N-dealkylation sites (N-methyl/N-ethyl adjacent to an activating group) is 1. The van der Waals surface area contributed by atoms with E-state index in [1.165, 1.54) is 13.1 Å². The van der Waals surface area contributed by atoms with Crippen LogP contribution in [0.15, 0.2) is 48.5 Å². The summed E-state index contributed by atoms with van der Waals surface area (Å²) in [5.74, 6) is -0.992. The molecular formula is C18H18INO5. The summed E-state index contributed by atoms with van der Waals surface area (Å²) in [4.78, 5) is 24.8. The summed E-state index contributed by atoms with van der Waals surface area (Å²) in [6.07, 6.45) is -0.590. The lowest BCUT2D eigenvalue weighted by Gasteiger charge is -2.24. The molecule has 2 aromatic rings. The average molecular weight is 455 g/mol. The Labute approximate surface area is 159 Å². The fourth-order valence-electron chi connectivity index (χ4n) is 2.24. The van der Waals surface area contributed by atoms with Crippen molar-refractivity contribution in [3.8, 4) is 5.75 Å². The van der Waals surface area contributed by atoms with Crippen LogP contribution in [0, 0.1) is 3.57 Å². The van der Waals surface area contributed by atoms with Gasteiger partial charge in [0.25, 0.3) is 0 Å². The molecule has 0 aliphatic heterocycles. The summed E-state index contributed by atoms with van der Waals surface area (Å²) < 4.78 is 5.80. The van der Waals surface area contributed by atoms with Crippen LogP contribution in [0.4, 0.5) is 4.79 Å². The summed E-state index contributed by atoms with van der Waals surface area (Å²) in [5, 5.41) is 19.0. The van der Waals surface area contributed by atoms with Gasteiger partial charge in [0.1, 0.15) is 18.4 Å². The summed E-state index contributed by atoms with van der Waals surface area (Å²) >= 11 is 1.96. The molecule has 132 valence electrons. The van der Waals surface area contributed by atoms with Gasteiger partial charge in [-0.3, -0.25) is 4.90 Å². The summed E-state index contributed by atoms with van der Waals surface area (Å²) in [6.45, 7) is 0.0768. The zero-order valence-electron chi connectivity index (χ0n) is 13.6. The molecule has 1 atom stereocenters. The third-order valence-corrected chi connectivity index (χ3v) is 4.55. The van der Waals surface area contributed by atoms with E-state index in [-0.39, 0.29) is 18.8 Å². The second-order valence-electron chi connectivity index (χ2n) is 5.50. The number of carbonyl (C=O) groups excluding carboxylic acids is 1. The van der Waals surface area contributed by atoms with Gasteiger partial charge in [-0.25, -0.2) is 9.59 Å². The smallest absolute Gasteiger partial charge is 0.410 e. The van der Waals surface area contributed by atoms with E-state index in [1.54, 1.807) is 12.1 Å². The Balaban J connectivity index is 2.03. The lowest BCUT2D eigenvalue weighted by atomic mass is 10.1. The molecule has 0 saturated carbocycles. The summed E-state index contributed by atoms with van der Waals surface area (Å²) in [6, 6.07) is 12.9. The molecule has 0 bridgehead atoms. The van der Waals surface area contributed by atoms with Crippen molar-refractivity contribution in [2.45, 2.75) is 19.1 Å². The van der Waals surface area contributed by atoms with Gasteiger partial charge in [-0.2, -0.15) is 0 Å². The number of ether oxygens (including phenoxy) is 1. The molecule has 0 heterocycles. The number of nitrogens with zero attached hydrogens (tertiary/aromatic N) is 1. The predicted octanol–water partition coefficient (Wildman–Crippen LogP) is 3.26. The van der Waals surface area contributed by atoms with Crippen LogP contribution in [0.3, 0.4) is 0 Å². The minimum Gasteiger partial charge on any atom is -0.507 e. The summed E-state index contributed by atoms with van der Waals surface area (Å²) in [5.41, 5.74) is 1.53. The van der Waals surface area contributed by atoms with Crippen molar-refractivity contribution in [1.82, 2.24) is 4.90 Å². The molecule has 0 radical (unpaired) electrons. The van der Waals surface area contributed by atoms with Gasteiger partial charge in [-0.15, -0.1) is 0 Å². The minimum absolute atomic E-state index is 0.0768. The predicted molar refractivity (Wildman–Crippen MR) is 100 cm³/mol. The van der Waals surface area contributed by atoms with Crippen LogP contribution in [0.2, 0.25) is 0 Å². The molecular weight excluding hydrogens is 437 g/mol. The number of carboxylic acid groups (broad SMARTS) is 1. The molecule has 1 unspecified atom stereocenters. The SMILES string of the molecule is CN(C(=O)OCc1ccccc1)C(Cc1ccc(O)c(I)c1)C(=O)O. The Kier molecular flexibility index (Phi) is 6.63. The number of carboxylic acids is 1. The average Bonchev–Trinajstić information content (AvgIpc) is 2.60. The number of aliphatic carboxylic acids is 1. The van der Waals surface area contributed by atoms with E-state index >= 15 is 0 Å². The number of carbonyl (C=O) groups is 2. The van der Waals surface area contributed by atoms with Gasteiger partial charge < -0.3 is 14.9 Å². The normalized spacial score (nSPS) is 11.6. The number of rotatable bonds is 6. The number of amides is 1. The van der Waals surface area contributed by atoms with Gasteiger partial charge >= 0.3 is 12.1 Å². The molecule has 1 amide bonds. The Morgan fingerprint density at radius 3 is 2.44 bits per heavy atom. The highest BCUT2D eigenvalue weighted by molar-refractivity contribution is 14.1. The molecule has 25 heavy (non-hydrogen) atoms. The molecule has 6 nitrogen and oxygen atoms in total. The first kappa shape index (κ1) is 19.0. The topological polar surface area (TPSA) is 87.1 Å². The van der Waals surface area contributed by atoms with Crippen molar-refractivity contribution in [1.29, 1.82) is 0 Å². The Hall–Kier alpha value is -2.29. The van der Waals surface area contributed by atoms with E-state index in [1.807, 2.05) is 52.9 Å². The molecule has 0 aliphatic carbocycles. The first-order chi connectivity index (χ1) is 11.9. The summed E-state index contributed by atoms with van der Waals surface area (Å²) in [7, 11) is 1.40.